The molecule has 2 N–H and O–H groups in total. The van der Waals surface area contributed by atoms with Gasteiger partial charge < -0.3 is 10.2 Å². The van der Waals surface area contributed by atoms with E-state index < -0.39 is 12.2 Å². The molecule has 5 heteroatoms. The second-order valence-corrected chi connectivity index (χ2v) is 4.52. The van der Waals surface area contributed by atoms with Gasteiger partial charge in [-0.3, -0.25) is 9.58 Å². The van der Waals surface area contributed by atoms with Gasteiger partial charge in [-0.25, -0.2) is 0 Å². The monoisotopic (exact) mass is 237 g/mol. The molecular formula is C12H19N3O2. The lowest BCUT2D eigenvalue weighted by atomic mass is 10.0. The van der Waals surface area contributed by atoms with Gasteiger partial charge in [0.15, 0.2) is 0 Å². The molecule has 0 amide bonds. The van der Waals surface area contributed by atoms with E-state index in [1.807, 2.05) is 17.1 Å². The lowest BCUT2D eigenvalue weighted by Crippen LogP contribution is -2.46. The highest BCUT2D eigenvalue weighted by molar-refractivity contribution is 5.04. The lowest BCUT2D eigenvalue weighted by Gasteiger charge is -2.32. The van der Waals surface area contributed by atoms with Crippen molar-refractivity contribution in [3.8, 4) is 0 Å². The maximum Gasteiger partial charge on any atom is 0.0926 e. The number of aliphatic hydroxyl groups excluding tert-OH is 2. The molecule has 0 aromatic carbocycles. The van der Waals surface area contributed by atoms with Crippen molar-refractivity contribution in [1.29, 1.82) is 0 Å². The number of hydrogen-bond donors (Lipinski definition) is 2. The highest BCUT2D eigenvalue weighted by Crippen LogP contribution is 2.13. The third-order valence-corrected chi connectivity index (χ3v) is 3.04. The second kappa shape index (κ2) is 5.44. The van der Waals surface area contributed by atoms with Gasteiger partial charge in [-0.05, 0) is 6.42 Å². The van der Waals surface area contributed by atoms with E-state index in [1.54, 1.807) is 6.08 Å². The summed E-state index contributed by atoms with van der Waals surface area (Å²) in [4.78, 5) is 2.13. The van der Waals surface area contributed by atoms with Gasteiger partial charge in [-0.2, -0.15) is 5.10 Å². The number of likely N-dealkylation sites (tertiary alicyclic amines) is 1. The Labute approximate surface area is 101 Å². The van der Waals surface area contributed by atoms with Crippen molar-refractivity contribution in [2.24, 2.45) is 0 Å². The van der Waals surface area contributed by atoms with Gasteiger partial charge in [0, 0.05) is 31.4 Å². The van der Waals surface area contributed by atoms with Crippen molar-refractivity contribution >= 4 is 0 Å². The molecule has 2 heterocycles. The fourth-order valence-electron chi connectivity index (χ4n) is 2.11. The Morgan fingerprint density at radius 3 is 3.00 bits per heavy atom. The van der Waals surface area contributed by atoms with Crippen molar-refractivity contribution in [1.82, 2.24) is 14.7 Å². The molecule has 2 rings (SSSR count). The SMILES string of the molecule is C=CCn1cc(CN2CC[C@@H](O)[C@H](O)C2)cn1. The van der Waals surface area contributed by atoms with E-state index in [1.165, 1.54) is 0 Å². The van der Waals surface area contributed by atoms with Crippen LogP contribution in [0.15, 0.2) is 25.0 Å². The molecule has 1 aromatic heterocycles. The van der Waals surface area contributed by atoms with E-state index in [0.29, 0.717) is 19.5 Å². The molecule has 1 aromatic rings. The van der Waals surface area contributed by atoms with Gasteiger partial charge in [0.2, 0.25) is 0 Å². The molecule has 1 fully saturated rings. The van der Waals surface area contributed by atoms with E-state index in [2.05, 4.69) is 16.6 Å². The molecular weight excluding hydrogens is 218 g/mol. The van der Waals surface area contributed by atoms with Crippen LogP contribution in [0.4, 0.5) is 0 Å². The van der Waals surface area contributed by atoms with Crippen LogP contribution in [0.25, 0.3) is 0 Å². The largest absolute Gasteiger partial charge is 0.390 e. The summed E-state index contributed by atoms with van der Waals surface area (Å²) >= 11 is 0. The first-order valence-electron chi connectivity index (χ1n) is 5.89. The lowest BCUT2D eigenvalue weighted by molar-refractivity contribution is -0.0403. The third-order valence-electron chi connectivity index (χ3n) is 3.04. The predicted molar refractivity (Wildman–Crippen MR) is 64.3 cm³/mol. The molecule has 1 aliphatic rings. The number of piperidine rings is 1. The maximum absolute atomic E-state index is 9.59. The van der Waals surface area contributed by atoms with Crippen molar-refractivity contribution in [2.45, 2.75) is 31.7 Å². The first kappa shape index (κ1) is 12.3. The van der Waals surface area contributed by atoms with E-state index in [4.69, 9.17) is 0 Å². The molecule has 1 aliphatic heterocycles. The van der Waals surface area contributed by atoms with Crippen LogP contribution in [0, 0.1) is 0 Å². The number of rotatable bonds is 4. The summed E-state index contributed by atoms with van der Waals surface area (Å²) in [6.07, 6.45) is 5.04. The van der Waals surface area contributed by atoms with E-state index in [0.717, 1.165) is 18.7 Å². The first-order chi connectivity index (χ1) is 8.19. The van der Waals surface area contributed by atoms with Gasteiger partial charge in [-0.1, -0.05) is 6.08 Å². The second-order valence-electron chi connectivity index (χ2n) is 4.52. The number of aliphatic hydroxyl groups is 2. The number of nitrogens with zero attached hydrogens (tertiary/aromatic N) is 3. The van der Waals surface area contributed by atoms with Crippen molar-refractivity contribution in [2.75, 3.05) is 13.1 Å². The number of aromatic nitrogens is 2. The fraction of sp³-hybridized carbons (Fsp3) is 0.583. The molecule has 1 saturated heterocycles. The van der Waals surface area contributed by atoms with Crippen molar-refractivity contribution in [3.05, 3.63) is 30.6 Å². The molecule has 0 aliphatic carbocycles. The topological polar surface area (TPSA) is 61.5 Å². The molecule has 94 valence electrons. The van der Waals surface area contributed by atoms with Gasteiger partial charge in [0.1, 0.15) is 0 Å². The molecule has 0 unspecified atom stereocenters. The molecule has 0 spiro atoms. The zero-order valence-corrected chi connectivity index (χ0v) is 9.87. The Hall–Kier alpha value is -1.17. The van der Waals surface area contributed by atoms with Crippen LogP contribution in [0.5, 0.6) is 0 Å². The number of hydrogen-bond acceptors (Lipinski definition) is 4. The van der Waals surface area contributed by atoms with Crippen molar-refractivity contribution < 1.29 is 10.2 Å². The summed E-state index contributed by atoms with van der Waals surface area (Å²) in [6, 6.07) is 0. The Morgan fingerprint density at radius 2 is 2.29 bits per heavy atom. The van der Waals surface area contributed by atoms with Crippen LogP contribution in [-0.2, 0) is 13.1 Å². The summed E-state index contributed by atoms with van der Waals surface area (Å²) in [5.41, 5.74) is 1.12. The molecule has 0 saturated carbocycles. The smallest absolute Gasteiger partial charge is 0.0926 e. The summed E-state index contributed by atoms with van der Waals surface area (Å²) in [7, 11) is 0. The van der Waals surface area contributed by atoms with Crippen LogP contribution in [-0.4, -0.2) is 50.2 Å². The van der Waals surface area contributed by atoms with Gasteiger partial charge in [0.25, 0.3) is 0 Å². The Kier molecular flexibility index (Phi) is 3.93. The first-order valence-corrected chi connectivity index (χ1v) is 5.89. The summed E-state index contributed by atoms with van der Waals surface area (Å²) in [5.74, 6) is 0. The Bertz CT molecular complexity index is 378. The van der Waals surface area contributed by atoms with E-state index >= 15 is 0 Å². The minimum Gasteiger partial charge on any atom is -0.390 e. The molecule has 0 bridgehead atoms. The predicted octanol–water partition coefficient (Wildman–Crippen LogP) is -0.00340. The number of β-amino-alcohol motifs (C(OH)–C–C–N with tert-alkyl or cyclic N) is 1. The molecule has 2 atom stereocenters. The highest BCUT2D eigenvalue weighted by Gasteiger charge is 2.25. The minimum atomic E-state index is -0.632. The zero-order chi connectivity index (χ0) is 12.3. The average Bonchev–Trinajstić information content (AvgIpc) is 2.72. The molecule has 0 radical (unpaired) electrons. The standard InChI is InChI=1S/C12H19N3O2/c1-2-4-15-8-10(6-13-15)7-14-5-3-11(16)12(17)9-14/h2,6,8,11-12,16-17H,1,3-5,7,9H2/t11-,12-/m1/s1. The quantitative estimate of drug-likeness (QED) is 0.723. The fourth-order valence-corrected chi connectivity index (χ4v) is 2.11. The zero-order valence-electron chi connectivity index (χ0n) is 9.87. The summed E-state index contributed by atoms with van der Waals surface area (Å²) in [5, 5.41) is 23.2. The average molecular weight is 237 g/mol. The Balaban J connectivity index is 1.89. The molecule has 5 nitrogen and oxygen atoms in total. The maximum atomic E-state index is 9.59. The highest BCUT2D eigenvalue weighted by atomic mass is 16.3. The van der Waals surface area contributed by atoms with E-state index in [9.17, 15) is 10.2 Å². The van der Waals surface area contributed by atoms with Crippen LogP contribution >= 0.6 is 0 Å². The van der Waals surface area contributed by atoms with Crippen LogP contribution in [0.3, 0.4) is 0 Å². The van der Waals surface area contributed by atoms with Gasteiger partial charge in [-0.15, -0.1) is 6.58 Å². The molecule has 17 heavy (non-hydrogen) atoms. The Morgan fingerprint density at radius 1 is 1.47 bits per heavy atom. The van der Waals surface area contributed by atoms with Gasteiger partial charge in [0.05, 0.1) is 24.9 Å². The van der Waals surface area contributed by atoms with E-state index in [-0.39, 0.29) is 0 Å². The third kappa shape index (κ3) is 3.15. The summed E-state index contributed by atoms with van der Waals surface area (Å²) < 4.78 is 1.83. The van der Waals surface area contributed by atoms with Crippen LogP contribution in [0.1, 0.15) is 12.0 Å². The minimum absolute atomic E-state index is 0.522. The van der Waals surface area contributed by atoms with Crippen LogP contribution < -0.4 is 0 Å². The van der Waals surface area contributed by atoms with Crippen molar-refractivity contribution in [3.63, 3.8) is 0 Å². The summed E-state index contributed by atoms with van der Waals surface area (Å²) in [6.45, 7) is 6.47. The van der Waals surface area contributed by atoms with Crippen LogP contribution in [0.2, 0.25) is 0 Å². The normalized spacial score (nSPS) is 26.0. The number of allylic oxidation sites excluding steroid dienone is 1. The van der Waals surface area contributed by atoms with Gasteiger partial charge >= 0.3 is 0 Å².